The zero-order valence-corrected chi connectivity index (χ0v) is 17.6. The molecule has 0 radical (unpaired) electrons. The molecule has 0 spiro atoms. The standard InChI is InChI=1S/C27H29NO2/c1-21(22-7-3-2-4-8-22)27(23-9-13-25(29)14-10-23)24-11-15-26(16-12-24)30-20-19-28-17-5-6-18-28/h2-4,7-16,29H,5-6,17-20H2,1H3. The molecule has 0 aliphatic carbocycles. The quantitative estimate of drug-likeness (QED) is 0.506. The molecule has 3 aromatic carbocycles. The molecule has 154 valence electrons. The molecular formula is C27H29NO2. The summed E-state index contributed by atoms with van der Waals surface area (Å²) >= 11 is 0. The SMILES string of the molecule is CC(=C(c1ccc(O)cc1)c1ccc(OCCN2CCCC2)cc1)c1ccccc1. The van der Waals surface area contributed by atoms with Crippen LogP contribution in [-0.4, -0.2) is 36.2 Å². The average molecular weight is 400 g/mol. The molecule has 0 atom stereocenters. The number of hydrogen-bond acceptors (Lipinski definition) is 3. The molecule has 3 nitrogen and oxygen atoms in total. The smallest absolute Gasteiger partial charge is 0.119 e. The van der Waals surface area contributed by atoms with Gasteiger partial charge in [0.1, 0.15) is 18.1 Å². The van der Waals surface area contributed by atoms with Crippen LogP contribution in [-0.2, 0) is 0 Å². The van der Waals surface area contributed by atoms with E-state index in [4.69, 9.17) is 4.74 Å². The van der Waals surface area contributed by atoms with Gasteiger partial charge in [-0.3, -0.25) is 4.90 Å². The van der Waals surface area contributed by atoms with Gasteiger partial charge < -0.3 is 9.84 Å². The van der Waals surface area contributed by atoms with Gasteiger partial charge in [-0.05, 0) is 85.0 Å². The molecule has 1 saturated heterocycles. The summed E-state index contributed by atoms with van der Waals surface area (Å²) in [5.74, 6) is 1.18. The van der Waals surface area contributed by atoms with Gasteiger partial charge in [0, 0.05) is 6.54 Å². The van der Waals surface area contributed by atoms with Crippen molar-refractivity contribution in [3.8, 4) is 11.5 Å². The molecule has 1 fully saturated rings. The second kappa shape index (κ2) is 9.64. The number of aromatic hydroxyl groups is 1. The summed E-state index contributed by atoms with van der Waals surface area (Å²) in [5, 5.41) is 9.73. The van der Waals surface area contributed by atoms with Crippen LogP contribution in [0.15, 0.2) is 78.9 Å². The highest BCUT2D eigenvalue weighted by atomic mass is 16.5. The Morgan fingerprint density at radius 3 is 2.03 bits per heavy atom. The molecule has 4 rings (SSSR count). The van der Waals surface area contributed by atoms with Crippen molar-refractivity contribution >= 4 is 11.1 Å². The van der Waals surface area contributed by atoms with Crippen molar-refractivity contribution < 1.29 is 9.84 Å². The van der Waals surface area contributed by atoms with E-state index < -0.39 is 0 Å². The third-order valence-electron chi connectivity index (χ3n) is 5.76. The Hall–Kier alpha value is -3.04. The van der Waals surface area contributed by atoms with E-state index in [2.05, 4.69) is 60.4 Å². The largest absolute Gasteiger partial charge is 0.508 e. The summed E-state index contributed by atoms with van der Waals surface area (Å²) in [5.41, 5.74) is 5.76. The topological polar surface area (TPSA) is 32.7 Å². The zero-order valence-electron chi connectivity index (χ0n) is 17.6. The first-order valence-electron chi connectivity index (χ1n) is 10.7. The van der Waals surface area contributed by atoms with Crippen LogP contribution in [0.1, 0.15) is 36.5 Å². The van der Waals surface area contributed by atoms with Gasteiger partial charge in [0.25, 0.3) is 0 Å². The summed E-state index contributed by atoms with van der Waals surface area (Å²) in [4.78, 5) is 2.46. The van der Waals surface area contributed by atoms with Crippen LogP contribution in [0.25, 0.3) is 11.1 Å². The van der Waals surface area contributed by atoms with Gasteiger partial charge in [-0.1, -0.05) is 54.6 Å². The van der Waals surface area contributed by atoms with E-state index in [0.717, 1.165) is 35.6 Å². The van der Waals surface area contributed by atoms with Gasteiger partial charge in [-0.25, -0.2) is 0 Å². The number of rotatable bonds is 7. The Bertz CT molecular complexity index is 970. The van der Waals surface area contributed by atoms with Gasteiger partial charge in [0.2, 0.25) is 0 Å². The third kappa shape index (κ3) is 4.92. The molecule has 1 aliphatic heterocycles. The van der Waals surface area contributed by atoms with E-state index in [1.54, 1.807) is 12.1 Å². The van der Waals surface area contributed by atoms with Crippen LogP contribution in [0.2, 0.25) is 0 Å². The first-order chi connectivity index (χ1) is 14.7. The summed E-state index contributed by atoms with van der Waals surface area (Å²) in [6.45, 7) is 6.26. The second-order valence-electron chi connectivity index (χ2n) is 7.83. The van der Waals surface area contributed by atoms with Crippen molar-refractivity contribution in [2.24, 2.45) is 0 Å². The van der Waals surface area contributed by atoms with Crippen molar-refractivity contribution in [3.63, 3.8) is 0 Å². The lowest BCUT2D eigenvalue weighted by atomic mass is 9.90. The summed E-state index contributed by atoms with van der Waals surface area (Å²) in [6.07, 6.45) is 2.61. The van der Waals surface area contributed by atoms with Crippen molar-refractivity contribution in [2.75, 3.05) is 26.2 Å². The highest BCUT2D eigenvalue weighted by Crippen LogP contribution is 2.33. The summed E-state index contributed by atoms with van der Waals surface area (Å²) in [7, 11) is 0. The van der Waals surface area contributed by atoms with Crippen molar-refractivity contribution in [1.82, 2.24) is 4.90 Å². The maximum Gasteiger partial charge on any atom is 0.119 e. The van der Waals surface area contributed by atoms with Crippen LogP contribution >= 0.6 is 0 Å². The number of phenols is 1. The molecule has 3 aromatic rings. The van der Waals surface area contributed by atoms with E-state index >= 15 is 0 Å². The highest BCUT2D eigenvalue weighted by Gasteiger charge is 2.13. The normalized spacial score (nSPS) is 15.1. The molecule has 1 aliphatic rings. The summed E-state index contributed by atoms with van der Waals surface area (Å²) in [6, 6.07) is 26.2. The molecule has 0 saturated carbocycles. The molecule has 3 heteroatoms. The fourth-order valence-electron chi connectivity index (χ4n) is 4.08. The predicted molar refractivity (Wildman–Crippen MR) is 124 cm³/mol. The first kappa shape index (κ1) is 20.2. The Morgan fingerprint density at radius 1 is 0.800 bits per heavy atom. The highest BCUT2D eigenvalue weighted by molar-refractivity contribution is 5.97. The Morgan fingerprint density at radius 2 is 1.40 bits per heavy atom. The lowest BCUT2D eigenvalue weighted by molar-refractivity contribution is 0.238. The Kier molecular flexibility index (Phi) is 6.50. The van der Waals surface area contributed by atoms with E-state index in [9.17, 15) is 5.11 Å². The van der Waals surface area contributed by atoms with Crippen LogP contribution in [0.5, 0.6) is 11.5 Å². The van der Waals surface area contributed by atoms with Gasteiger partial charge in [-0.2, -0.15) is 0 Å². The molecule has 0 aromatic heterocycles. The van der Waals surface area contributed by atoms with Gasteiger partial charge in [0.15, 0.2) is 0 Å². The van der Waals surface area contributed by atoms with Gasteiger partial charge in [-0.15, -0.1) is 0 Å². The minimum atomic E-state index is 0.275. The second-order valence-corrected chi connectivity index (χ2v) is 7.83. The predicted octanol–water partition coefficient (Wildman–Crippen LogP) is 5.85. The molecular weight excluding hydrogens is 370 g/mol. The van der Waals surface area contributed by atoms with E-state index in [1.807, 2.05) is 18.2 Å². The number of ether oxygens (including phenoxy) is 1. The Balaban J connectivity index is 1.58. The van der Waals surface area contributed by atoms with Crippen molar-refractivity contribution in [3.05, 3.63) is 95.6 Å². The maximum absolute atomic E-state index is 9.73. The maximum atomic E-state index is 9.73. The molecule has 1 N–H and O–H groups in total. The van der Waals surface area contributed by atoms with Crippen LogP contribution < -0.4 is 4.74 Å². The average Bonchev–Trinajstić information content (AvgIpc) is 3.30. The molecule has 1 heterocycles. The van der Waals surface area contributed by atoms with Crippen LogP contribution in [0.4, 0.5) is 0 Å². The number of allylic oxidation sites excluding steroid dienone is 1. The third-order valence-corrected chi connectivity index (χ3v) is 5.76. The lowest BCUT2D eigenvalue weighted by Gasteiger charge is -2.16. The zero-order chi connectivity index (χ0) is 20.8. The van der Waals surface area contributed by atoms with E-state index in [0.29, 0.717) is 0 Å². The summed E-state index contributed by atoms with van der Waals surface area (Å²) < 4.78 is 5.98. The van der Waals surface area contributed by atoms with Crippen LogP contribution in [0, 0.1) is 0 Å². The number of hydrogen-bond donors (Lipinski definition) is 1. The lowest BCUT2D eigenvalue weighted by Crippen LogP contribution is -2.25. The van der Waals surface area contributed by atoms with Crippen LogP contribution in [0.3, 0.4) is 0 Å². The fourth-order valence-corrected chi connectivity index (χ4v) is 4.08. The minimum Gasteiger partial charge on any atom is -0.508 e. The van der Waals surface area contributed by atoms with Gasteiger partial charge >= 0.3 is 0 Å². The van der Waals surface area contributed by atoms with E-state index in [1.165, 1.54) is 37.1 Å². The molecule has 30 heavy (non-hydrogen) atoms. The molecule has 0 amide bonds. The van der Waals surface area contributed by atoms with Gasteiger partial charge in [0.05, 0.1) is 0 Å². The Labute approximate surface area is 179 Å². The molecule has 0 bridgehead atoms. The first-order valence-corrected chi connectivity index (χ1v) is 10.7. The number of likely N-dealkylation sites (tertiary alicyclic amines) is 1. The monoisotopic (exact) mass is 399 g/mol. The van der Waals surface area contributed by atoms with Crippen molar-refractivity contribution in [2.45, 2.75) is 19.8 Å². The van der Waals surface area contributed by atoms with E-state index in [-0.39, 0.29) is 5.75 Å². The minimum absolute atomic E-state index is 0.275. The molecule has 0 unspecified atom stereocenters. The number of nitrogens with zero attached hydrogens (tertiary/aromatic N) is 1. The fraction of sp³-hybridized carbons (Fsp3) is 0.259. The van der Waals surface area contributed by atoms with Crippen molar-refractivity contribution in [1.29, 1.82) is 0 Å². The number of phenolic OH excluding ortho intramolecular Hbond substituents is 1. The number of benzene rings is 3.